The van der Waals surface area contributed by atoms with Gasteiger partial charge < -0.3 is 33.0 Å². The summed E-state index contributed by atoms with van der Waals surface area (Å²) in [5, 5.41) is 9.29. The van der Waals surface area contributed by atoms with E-state index in [1.54, 1.807) is 0 Å². The zero-order chi connectivity index (χ0) is 45.8. The maximum Gasteiger partial charge on any atom is 0.306 e. The second kappa shape index (κ2) is 42.1. The number of esters is 2. The van der Waals surface area contributed by atoms with E-state index in [4.69, 9.17) is 18.5 Å². The number of unbranched alkanes of at least 4 members (excludes halogenated alkanes) is 12. The lowest BCUT2D eigenvalue weighted by atomic mass is 10.1. The lowest BCUT2D eigenvalue weighted by molar-refractivity contribution is -0.870. The Labute approximate surface area is 378 Å². The first-order chi connectivity index (χ1) is 29.8. The van der Waals surface area contributed by atoms with Gasteiger partial charge in [0.15, 0.2) is 6.10 Å². The van der Waals surface area contributed by atoms with Crippen molar-refractivity contribution in [1.29, 1.82) is 0 Å². The molecule has 0 radical (unpaired) electrons. The van der Waals surface area contributed by atoms with Crippen molar-refractivity contribution in [3.8, 4) is 0 Å². The largest absolute Gasteiger partial charge is 0.756 e. The molecule has 3 atom stereocenters. The molecule has 0 aromatic carbocycles. The van der Waals surface area contributed by atoms with Gasteiger partial charge in [-0.15, -0.1) is 0 Å². The van der Waals surface area contributed by atoms with Crippen molar-refractivity contribution in [3.63, 3.8) is 0 Å². The number of aliphatic hydroxyl groups excluding tert-OH is 1. The summed E-state index contributed by atoms with van der Waals surface area (Å²) in [6, 6.07) is 0. The highest BCUT2D eigenvalue weighted by Crippen LogP contribution is 2.38. The Morgan fingerprint density at radius 1 is 0.581 bits per heavy atom. The highest BCUT2D eigenvalue weighted by atomic mass is 31.2. The summed E-state index contributed by atoms with van der Waals surface area (Å²) in [7, 11) is 1.09. The van der Waals surface area contributed by atoms with Crippen LogP contribution in [0, 0.1) is 0 Å². The van der Waals surface area contributed by atoms with Crippen LogP contribution in [0.2, 0.25) is 0 Å². The lowest BCUT2D eigenvalue weighted by Crippen LogP contribution is -2.37. The molecule has 0 saturated carbocycles. The van der Waals surface area contributed by atoms with Gasteiger partial charge in [0.25, 0.3) is 7.82 Å². The van der Waals surface area contributed by atoms with Crippen LogP contribution in [0.15, 0.2) is 85.1 Å². The van der Waals surface area contributed by atoms with E-state index in [0.29, 0.717) is 30.3 Å². The molecular weight excluding hydrogens is 802 g/mol. The summed E-state index contributed by atoms with van der Waals surface area (Å²) < 4.78 is 33.9. The summed E-state index contributed by atoms with van der Waals surface area (Å²) in [4.78, 5) is 37.6. The third kappa shape index (κ3) is 46.6. The molecule has 0 aliphatic heterocycles. The zero-order valence-electron chi connectivity index (χ0n) is 39.6. The van der Waals surface area contributed by atoms with Crippen molar-refractivity contribution in [2.24, 2.45) is 0 Å². The van der Waals surface area contributed by atoms with E-state index in [1.165, 1.54) is 32.1 Å². The van der Waals surface area contributed by atoms with E-state index in [2.05, 4.69) is 85.9 Å². The fraction of sp³-hybridized carbons (Fsp3) is 0.686. The average molecular weight is 890 g/mol. The Balaban J connectivity index is 4.44. The summed E-state index contributed by atoms with van der Waals surface area (Å²) in [5.74, 6) is -0.938. The van der Waals surface area contributed by atoms with Crippen molar-refractivity contribution >= 4 is 19.8 Å². The van der Waals surface area contributed by atoms with Gasteiger partial charge in [-0.25, -0.2) is 0 Å². The number of phosphoric acid groups is 1. The van der Waals surface area contributed by atoms with Crippen LogP contribution in [-0.2, 0) is 32.7 Å². The average Bonchev–Trinajstić information content (AvgIpc) is 3.21. The predicted molar refractivity (Wildman–Crippen MR) is 255 cm³/mol. The molecule has 0 rings (SSSR count). The van der Waals surface area contributed by atoms with Gasteiger partial charge in [-0.05, 0) is 103 Å². The number of quaternary nitrogens is 1. The second-order valence-corrected chi connectivity index (χ2v) is 18.5. The fourth-order valence-corrected chi connectivity index (χ4v) is 6.64. The van der Waals surface area contributed by atoms with E-state index >= 15 is 0 Å². The molecule has 0 heterocycles. The van der Waals surface area contributed by atoms with Crippen LogP contribution in [0.1, 0.15) is 168 Å². The van der Waals surface area contributed by atoms with E-state index in [9.17, 15) is 24.2 Å². The molecule has 0 aliphatic rings. The maximum absolute atomic E-state index is 12.7. The molecule has 62 heavy (non-hydrogen) atoms. The quantitative estimate of drug-likeness (QED) is 0.0209. The Morgan fingerprint density at radius 2 is 1.02 bits per heavy atom. The molecule has 0 aromatic heterocycles. The minimum absolute atomic E-state index is 0.0537. The molecule has 1 N–H and O–H groups in total. The van der Waals surface area contributed by atoms with Gasteiger partial charge in [-0.1, -0.05) is 137 Å². The van der Waals surface area contributed by atoms with Crippen LogP contribution in [0.5, 0.6) is 0 Å². The van der Waals surface area contributed by atoms with Crippen LogP contribution in [0.4, 0.5) is 0 Å². The zero-order valence-corrected chi connectivity index (χ0v) is 40.5. The third-order valence-electron chi connectivity index (χ3n) is 9.66. The molecule has 0 saturated heterocycles. The molecule has 356 valence electrons. The number of carbonyl (C=O) groups excluding carboxylic acids is 2. The normalized spacial score (nSPS) is 14.8. The van der Waals surface area contributed by atoms with Crippen LogP contribution in [0.25, 0.3) is 0 Å². The summed E-state index contributed by atoms with van der Waals surface area (Å²) in [5.41, 5.74) is 0. The number of nitrogens with zero attached hydrogens (tertiary/aromatic N) is 1. The second-order valence-electron chi connectivity index (χ2n) is 17.0. The first-order valence-corrected chi connectivity index (χ1v) is 25.3. The number of carbonyl (C=O) groups is 2. The molecule has 10 nitrogen and oxygen atoms in total. The molecule has 11 heteroatoms. The number of phosphoric ester groups is 1. The summed E-state index contributed by atoms with van der Waals surface area (Å²) >= 11 is 0. The smallest absolute Gasteiger partial charge is 0.306 e. The number of aliphatic hydroxyl groups is 1. The Bertz CT molecular complexity index is 1340. The van der Waals surface area contributed by atoms with Crippen LogP contribution in [-0.4, -0.2) is 81.2 Å². The number of allylic oxidation sites excluding steroid dienone is 14. The van der Waals surface area contributed by atoms with Crippen molar-refractivity contribution in [3.05, 3.63) is 85.1 Å². The Hall–Kier alpha value is -2.85. The molecule has 0 aromatic rings. The van der Waals surface area contributed by atoms with Gasteiger partial charge in [0.2, 0.25) is 0 Å². The van der Waals surface area contributed by atoms with Crippen molar-refractivity contribution in [2.45, 2.75) is 180 Å². The molecule has 0 aliphatic carbocycles. The highest BCUT2D eigenvalue weighted by Gasteiger charge is 2.21. The monoisotopic (exact) mass is 890 g/mol. The molecule has 0 amide bonds. The van der Waals surface area contributed by atoms with Gasteiger partial charge in [-0.3, -0.25) is 14.2 Å². The van der Waals surface area contributed by atoms with E-state index in [0.717, 1.165) is 89.9 Å². The van der Waals surface area contributed by atoms with Gasteiger partial charge in [0.1, 0.15) is 19.8 Å². The Kier molecular flexibility index (Phi) is 40.2. The third-order valence-corrected chi connectivity index (χ3v) is 10.6. The predicted octanol–water partition coefficient (Wildman–Crippen LogP) is 12.3. The molecule has 0 bridgehead atoms. The lowest BCUT2D eigenvalue weighted by Gasteiger charge is -2.28. The number of ether oxygens (including phenoxy) is 2. The van der Waals surface area contributed by atoms with Crippen molar-refractivity contribution in [2.75, 3.05) is 47.5 Å². The molecule has 0 fully saturated rings. The minimum Gasteiger partial charge on any atom is -0.756 e. The molecular formula is C51H88NO9P. The Morgan fingerprint density at radius 3 is 1.52 bits per heavy atom. The number of hydrogen-bond acceptors (Lipinski definition) is 9. The number of hydrogen-bond donors (Lipinski definition) is 1. The molecule has 1 unspecified atom stereocenters. The van der Waals surface area contributed by atoms with E-state index in [-0.39, 0.29) is 32.2 Å². The van der Waals surface area contributed by atoms with Crippen LogP contribution in [0.3, 0.4) is 0 Å². The van der Waals surface area contributed by atoms with Crippen molar-refractivity contribution < 1.29 is 47.2 Å². The van der Waals surface area contributed by atoms with Gasteiger partial charge in [-0.2, -0.15) is 0 Å². The maximum atomic E-state index is 12.7. The van der Waals surface area contributed by atoms with Crippen LogP contribution >= 0.6 is 7.82 Å². The highest BCUT2D eigenvalue weighted by molar-refractivity contribution is 7.45. The van der Waals surface area contributed by atoms with Gasteiger partial charge in [0, 0.05) is 12.8 Å². The summed E-state index contributed by atoms with van der Waals surface area (Å²) in [6.07, 6.45) is 51.7. The standard InChI is InChI=1S/C51H88NO9P/c1-6-7-8-9-10-11-12-13-14-15-16-17-18-21-24-27-30-33-36-39-42-50(54)58-46-49(47-60-62(56,57)59-45-44-52(3,4)5)61-51(55)43-40-37-34-31-28-25-22-19-20-23-26-29-32-35-38-41-48(2)53/h11-12,14-15,17-18,20,22-23,25,29,31-32,34,48-49,53H,6-10,13,16,19,21,24,26-28,30,33,35-47H2,1-5H3/b12-11-,15-14-,18-17-,23-20-,25-22-,32-29-,34-31-/t48-,49+/m0/s1. The van der Waals surface area contributed by atoms with Crippen LogP contribution < -0.4 is 4.89 Å². The van der Waals surface area contributed by atoms with E-state index in [1.807, 2.05) is 34.1 Å². The topological polar surface area (TPSA) is 131 Å². The van der Waals surface area contributed by atoms with Gasteiger partial charge >= 0.3 is 11.9 Å². The first-order valence-electron chi connectivity index (χ1n) is 23.8. The van der Waals surface area contributed by atoms with E-state index < -0.39 is 32.5 Å². The fourth-order valence-electron chi connectivity index (χ4n) is 5.91. The first kappa shape index (κ1) is 59.1. The molecule has 0 spiro atoms. The summed E-state index contributed by atoms with van der Waals surface area (Å²) in [6.45, 7) is 3.65. The van der Waals surface area contributed by atoms with Gasteiger partial charge in [0.05, 0.1) is 33.9 Å². The SMILES string of the molecule is CCCCCC/C=C\C/C=C\C/C=C\CCCCCCCCC(=O)OC[C@H](COP(=O)([O-])OCC[N+](C)(C)C)OC(=O)CCC/C=C\C/C=C\C/C=C\C/C=C\CCC[C@H](C)O. The number of likely N-dealkylation sites (N-methyl/N-ethyl adjacent to an activating group) is 1. The van der Waals surface area contributed by atoms with Crippen molar-refractivity contribution in [1.82, 2.24) is 0 Å². The minimum atomic E-state index is -4.66. The number of rotatable bonds is 42.